The van der Waals surface area contributed by atoms with Crippen molar-refractivity contribution in [1.29, 1.82) is 0 Å². The van der Waals surface area contributed by atoms with Gasteiger partial charge in [0.1, 0.15) is 0 Å². The minimum absolute atomic E-state index is 1.09. The van der Waals surface area contributed by atoms with Crippen molar-refractivity contribution in [1.82, 2.24) is 18.3 Å². The minimum atomic E-state index is 1.09. The van der Waals surface area contributed by atoms with Gasteiger partial charge in [0.05, 0.1) is 44.3 Å². The van der Waals surface area contributed by atoms with Gasteiger partial charge in [-0.3, -0.25) is 0 Å². The molecule has 5 heteroatoms. The first-order chi connectivity index (χ1) is 38.6. The van der Waals surface area contributed by atoms with E-state index in [2.05, 4.69) is 274 Å². The molecule has 4 nitrogen and oxygen atoms in total. The summed E-state index contributed by atoms with van der Waals surface area (Å²) in [6.45, 7) is 2.18. The van der Waals surface area contributed by atoms with Gasteiger partial charge >= 0.3 is 0 Å². The number of hydrogen-bond donors (Lipinski definition) is 0. The number of aryl methyl sites for hydroxylation is 1. The zero-order chi connectivity index (χ0) is 51.6. The molecule has 0 N–H and O–H groups in total. The number of nitrogens with zero attached hydrogens (tertiary/aromatic N) is 4. The first-order valence-corrected chi connectivity index (χ1v) is 27.3. The van der Waals surface area contributed by atoms with E-state index in [1.54, 1.807) is 6.08 Å². The highest BCUT2D eigenvalue weighted by Gasteiger charge is 2.20. The van der Waals surface area contributed by atoms with Gasteiger partial charge in [0.2, 0.25) is 0 Å². The third-order valence-electron chi connectivity index (χ3n) is 16.3. The Bertz CT molecular complexity index is 5200. The molecule has 11 aromatic carbocycles. The summed E-state index contributed by atoms with van der Waals surface area (Å²) in [5.41, 5.74) is 19.8. The topological polar surface area (TPSA) is 19.7 Å². The van der Waals surface area contributed by atoms with Crippen LogP contribution in [0.15, 0.2) is 249 Å². The lowest BCUT2D eigenvalue weighted by molar-refractivity contribution is 1.10. The van der Waals surface area contributed by atoms with Crippen LogP contribution < -0.4 is 0 Å². The minimum Gasteiger partial charge on any atom is -0.310 e. The summed E-state index contributed by atoms with van der Waals surface area (Å²) in [6, 6.07) is 89.5. The van der Waals surface area contributed by atoms with Crippen molar-refractivity contribution in [3.63, 3.8) is 0 Å². The lowest BCUT2D eigenvalue weighted by Gasteiger charge is -2.12. The fourth-order valence-corrected chi connectivity index (χ4v) is 13.8. The molecule has 0 amide bonds. The first-order valence-electron chi connectivity index (χ1n) is 26.5. The van der Waals surface area contributed by atoms with Crippen LogP contribution in [0.5, 0.6) is 0 Å². The number of allylic oxidation sites excluding steroid dienone is 1. The highest BCUT2D eigenvalue weighted by molar-refractivity contribution is 7.25. The Hall–Kier alpha value is -10.1. The first kappa shape index (κ1) is 44.2. The third kappa shape index (κ3) is 6.61. The number of terminal acetylenes is 1. The van der Waals surface area contributed by atoms with E-state index in [-0.39, 0.29) is 0 Å². The molecule has 0 bridgehead atoms. The van der Waals surface area contributed by atoms with Crippen molar-refractivity contribution in [2.24, 2.45) is 0 Å². The zero-order valence-corrected chi connectivity index (χ0v) is 43.3. The number of fused-ring (bicyclic) bond motifs is 13. The van der Waals surface area contributed by atoms with Crippen molar-refractivity contribution < 1.29 is 0 Å². The van der Waals surface area contributed by atoms with Gasteiger partial charge in [-0.15, -0.1) is 17.8 Å². The monoisotopic (exact) mass is 1010 g/mol. The quantitative estimate of drug-likeness (QED) is 0.142. The second-order valence-corrected chi connectivity index (χ2v) is 21.5. The van der Waals surface area contributed by atoms with Crippen molar-refractivity contribution >= 4 is 114 Å². The van der Waals surface area contributed by atoms with Crippen LogP contribution >= 0.6 is 11.3 Å². The second-order valence-electron chi connectivity index (χ2n) is 20.5. The van der Waals surface area contributed by atoms with Crippen LogP contribution in [-0.4, -0.2) is 18.3 Å². The predicted molar refractivity (Wildman–Crippen MR) is 333 cm³/mol. The smallest absolute Gasteiger partial charge is 0.0541 e. The Morgan fingerprint density at radius 2 is 0.692 bits per heavy atom. The van der Waals surface area contributed by atoms with E-state index >= 15 is 0 Å². The van der Waals surface area contributed by atoms with E-state index in [9.17, 15) is 0 Å². The van der Waals surface area contributed by atoms with Crippen molar-refractivity contribution in [2.45, 2.75) is 6.92 Å². The predicted octanol–water partition coefficient (Wildman–Crippen LogP) is 19.6. The van der Waals surface area contributed by atoms with E-state index in [1.165, 1.54) is 113 Å². The van der Waals surface area contributed by atoms with Gasteiger partial charge in [-0.05, 0) is 162 Å². The standard InChI is InChI=1S/C73H46N4S/c1-3-4-26-64-46(2)55-21-5-10-27-65(55)74(64)51-19-15-17-47(40-51)49-32-36-70-60(42-49)58-24-8-13-30-68(58)76(70)53-34-38-72-62(44-53)63-45-54(35-39-73(63)78-72)77-69-31-14-9-25-59(69)61-43-50(33-37-71(61)77)48-18-16-20-52(41-48)75-66-28-11-6-22-56(66)57-23-7-12-29-67(57)75/h1,4-45H,2H3/b26-4-. The number of benzene rings is 11. The summed E-state index contributed by atoms with van der Waals surface area (Å²) in [4.78, 5) is 0. The van der Waals surface area contributed by atoms with E-state index in [0.29, 0.717) is 0 Å². The van der Waals surface area contributed by atoms with Crippen molar-refractivity contribution in [3.05, 3.63) is 260 Å². The third-order valence-corrected chi connectivity index (χ3v) is 17.4. The maximum Gasteiger partial charge on any atom is 0.0541 e. The summed E-state index contributed by atoms with van der Waals surface area (Å²) in [5, 5.41) is 11.2. The van der Waals surface area contributed by atoms with Crippen LogP contribution in [0, 0.1) is 19.3 Å². The molecule has 0 aliphatic rings. The second kappa shape index (κ2) is 17.2. The van der Waals surface area contributed by atoms with E-state index in [0.717, 1.165) is 39.5 Å². The van der Waals surface area contributed by atoms with Gasteiger partial charge < -0.3 is 18.3 Å². The Balaban J connectivity index is 0.791. The molecule has 16 aromatic rings. The molecular formula is C73H46N4S. The van der Waals surface area contributed by atoms with Gasteiger partial charge in [-0.2, -0.15) is 0 Å². The molecule has 0 unspecified atom stereocenters. The highest BCUT2D eigenvalue weighted by Crippen LogP contribution is 2.43. The average molecular weight is 1010 g/mol. The van der Waals surface area contributed by atoms with Gasteiger partial charge in [0.25, 0.3) is 0 Å². The van der Waals surface area contributed by atoms with Gasteiger partial charge in [-0.25, -0.2) is 0 Å². The summed E-state index contributed by atoms with van der Waals surface area (Å²) in [6.07, 6.45) is 9.56. The number of rotatable bonds is 7. The number of hydrogen-bond acceptors (Lipinski definition) is 1. The van der Waals surface area contributed by atoms with E-state index < -0.39 is 0 Å². The SMILES string of the molecule is C#C/C=C\c1c(C)c2ccccc2n1-c1cccc(-c2ccc3c(c2)c2ccccc2n3-c2ccc3sc4ccc(-n5c6ccccc6c6cc(-c7cccc(-n8c9ccccc9c9ccccc98)c7)ccc65)cc4c3c2)c1. The molecule has 364 valence electrons. The molecule has 0 aliphatic carbocycles. The van der Waals surface area contributed by atoms with E-state index in [4.69, 9.17) is 6.42 Å². The van der Waals surface area contributed by atoms with Crippen LogP contribution in [-0.2, 0) is 0 Å². The number of para-hydroxylation sites is 5. The van der Waals surface area contributed by atoms with Crippen molar-refractivity contribution in [2.75, 3.05) is 0 Å². The summed E-state index contributed by atoms with van der Waals surface area (Å²) >= 11 is 1.86. The summed E-state index contributed by atoms with van der Waals surface area (Å²) < 4.78 is 12.2. The lowest BCUT2D eigenvalue weighted by atomic mass is 10.0. The largest absolute Gasteiger partial charge is 0.310 e. The number of aromatic nitrogens is 4. The van der Waals surface area contributed by atoms with Crippen LogP contribution in [0.3, 0.4) is 0 Å². The molecule has 0 fully saturated rings. The molecule has 0 radical (unpaired) electrons. The van der Waals surface area contributed by atoms with Gasteiger partial charge in [-0.1, -0.05) is 133 Å². The van der Waals surface area contributed by atoms with Crippen LogP contribution in [0.1, 0.15) is 11.3 Å². The van der Waals surface area contributed by atoms with Crippen molar-refractivity contribution in [3.8, 4) is 57.3 Å². The molecule has 16 rings (SSSR count). The molecule has 0 saturated heterocycles. The normalized spacial score (nSPS) is 12.1. The molecule has 0 saturated carbocycles. The maximum absolute atomic E-state index is 5.72. The Morgan fingerprint density at radius 3 is 1.15 bits per heavy atom. The fourth-order valence-electron chi connectivity index (χ4n) is 12.8. The lowest BCUT2D eigenvalue weighted by Crippen LogP contribution is -1.97. The molecular weight excluding hydrogens is 965 g/mol. The average Bonchev–Trinajstić information content (AvgIpc) is 4.36. The molecule has 5 aromatic heterocycles. The Morgan fingerprint density at radius 1 is 0.321 bits per heavy atom. The highest BCUT2D eigenvalue weighted by atomic mass is 32.1. The van der Waals surface area contributed by atoms with Gasteiger partial charge in [0.15, 0.2) is 0 Å². The van der Waals surface area contributed by atoms with E-state index in [1.807, 2.05) is 17.4 Å². The molecule has 78 heavy (non-hydrogen) atoms. The zero-order valence-electron chi connectivity index (χ0n) is 42.5. The van der Waals surface area contributed by atoms with Crippen LogP contribution in [0.25, 0.3) is 148 Å². The fraction of sp³-hybridized carbons (Fsp3) is 0.0137. The Labute approximate surface area is 453 Å². The molecule has 0 spiro atoms. The number of thiophene rings is 1. The maximum atomic E-state index is 5.72. The molecule has 0 atom stereocenters. The van der Waals surface area contributed by atoms with Gasteiger partial charge in [0, 0.05) is 80.6 Å². The Kier molecular flexibility index (Phi) is 9.75. The molecule has 0 aliphatic heterocycles. The summed E-state index contributed by atoms with van der Waals surface area (Å²) in [7, 11) is 0. The summed E-state index contributed by atoms with van der Waals surface area (Å²) in [5.74, 6) is 2.70. The van der Waals surface area contributed by atoms with Crippen LogP contribution in [0.4, 0.5) is 0 Å². The molecule has 5 heterocycles. The van der Waals surface area contributed by atoms with Crippen LogP contribution in [0.2, 0.25) is 0 Å².